The first-order chi connectivity index (χ1) is 11.8. The summed E-state index contributed by atoms with van der Waals surface area (Å²) in [6, 6.07) is 3.26. The van der Waals surface area contributed by atoms with E-state index in [1.165, 1.54) is 0 Å². The molecule has 1 aromatic heterocycles. The maximum atomic E-state index is 12.3. The van der Waals surface area contributed by atoms with Gasteiger partial charge < -0.3 is 10.5 Å². The van der Waals surface area contributed by atoms with E-state index in [1.54, 1.807) is 6.07 Å². The lowest BCUT2D eigenvalue weighted by molar-refractivity contribution is -0.274. The molecule has 0 spiro atoms. The summed E-state index contributed by atoms with van der Waals surface area (Å²) < 4.78 is 66.3. The van der Waals surface area contributed by atoms with E-state index in [0.29, 0.717) is 0 Å². The van der Waals surface area contributed by atoms with Crippen LogP contribution in [0.4, 0.5) is 24.7 Å². The first-order valence-corrected chi connectivity index (χ1v) is 8.98. The quantitative estimate of drug-likeness (QED) is 0.769. The number of aromatic nitrogens is 2. The molecule has 0 atom stereocenters. The van der Waals surface area contributed by atoms with Crippen molar-refractivity contribution in [3.8, 4) is 17.5 Å². The van der Waals surface area contributed by atoms with Gasteiger partial charge in [0.1, 0.15) is 23.2 Å². The molecule has 0 unspecified atom stereocenters. The number of alkyl halides is 3. The van der Waals surface area contributed by atoms with E-state index in [-0.39, 0.29) is 27.2 Å². The maximum Gasteiger partial charge on any atom is 0.573 e. The lowest BCUT2D eigenvalue weighted by atomic mass is 10.3. The van der Waals surface area contributed by atoms with Gasteiger partial charge in [0.05, 0.1) is 16.3 Å². The second-order valence-electron chi connectivity index (χ2n) is 4.79. The van der Waals surface area contributed by atoms with Crippen LogP contribution < -0.4 is 15.2 Å². The third kappa shape index (κ3) is 4.43. The Balaban J connectivity index is 2.61. The Morgan fingerprint density at radius 1 is 1.35 bits per heavy atom. The summed E-state index contributed by atoms with van der Waals surface area (Å²) in [5.41, 5.74) is 4.91. The Morgan fingerprint density at radius 3 is 2.31 bits per heavy atom. The van der Waals surface area contributed by atoms with Crippen LogP contribution in [-0.2, 0) is 10.0 Å². The predicted octanol–water partition coefficient (Wildman–Crippen LogP) is 2.90. The number of rotatable bonds is 4. The Morgan fingerprint density at radius 2 is 1.88 bits per heavy atom. The highest BCUT2D eigenvalue weighted by Crippen LogP contribution is 2.38. The normalized spacial score (nSPS) is 11.9. The summed E-state index contributed by atoms with van der Waals surface area (Å²) in [6.07, 6.45) is -4.13. The first-order valence-electron chi connectivity index (χ1n) is 6.34. The third-order valence-corrected chi connectivity index (χ3v) is 3.90. The van der Waals surface area contributed by atoms with Crippen molar-refractivity contribution >= 4 is 44.7 Å². The zero-order valence-corrected chi connectivity index (χ0v) is 14.9. The summed E-state index contributed by atoms with van der Waals surface area (Å²) in [4.78, 5) is 0. The molecular formula is C12H8Cl2F3N5O3S. The van der Waals surface area contributed by atoms with Crippen LogP contribution in [0.3, 0.4) is 0 Å². The van der Waals surface area contributed by atoms with Crippen LogP contribution in [0.15, 0.2) is 12.1 Å². The summed E-state index contributed by atoms with van der Waals surface area (Å²) >= 11 is 11.9. The summed E-state index contributed by atoms with van der Waals surface area (Å²) in [7, 11) is -3.79. The van der Waals surface area contributed by atoms with Crippen LogP contribution in [0.1, 0.15) is 5.69 Å². The number of hydrogen-bond acceptors (Lipinski definition) is 6. The maximum absolute atomic E-state index is 12.3. The molecule has 3 N–H and O–H groups in total. The fraction of sp³-hybridized carbons (Fsp3) is 0.167. The molecule has 26 heavy (non-hydrogen) atoms. The van der Waals surface area contributed by atoms with Crippen molar-refractivity contribution in [3.05, 3.63) is 27.9 Å². The fourth-order valence-corrected chi connectivity index (χ4v) is 3.10. The van der Waals surface area contributed by atoms with E-state index in [9.17, 15) is 21.6 Å². The number of hydrogen-bond donors (Lipinski definition) is 2. The van der Waals surface area contributed by atoms with E-state index in [2.05, 4.69) is 9.84 Å². The molecule has 140 valence electrons. The molecule has 0 bridgehead atoms. The largest absolute Gasteiger partial charge is 0.573 e. The summed E-state index contributed by atoms with van der Waals surface area (Å²) in [5, 5.41) is 12.2. The highest BCUT2D eigenvalue weighted by atomic mass is 35.5. The van der Waals surface area contributed by atoms with Gasteiger partial charge in [0.15, 0.2) is 11.5 Å². The summed E-state index contributed by atoms with van der Waals surface area (Å²) in [6.45, 7) is 0. The second-order valence-corrected chi connectivity index (χ2v) is 7.35. The van der Waals surface area contributed by atoms with Gasteiger partial charge in [0.25, 0.3) is 0 Å². The molecule has 1 heterocycles. The van der Waals surface area contributed by atoms with Crippen molar-refractivity contribution < 1.29 is 26.3 Å². The second kappa shape index (κ2) is 6.75. The number of nitriles is 1. The molecule has 0 saturated carbocycles. The van der Waals surface area contributed by atoms with E-state index < -0.39 is 27.8 Å². The number of anilines is 2. The topological polar surface area (TPSA) is 123 Å². The fourth-order valence-electron chi connectivity index (χ4n) is 1.90. The molecule has 2 rings (SSSR count). The third-order valence-electron chi connectivity index (χ3n) is 2.75. The number of sulfonamides is 1. The molecule has 0 aliphatic rings. The van der Waals surface area contributed by atoms with Crippen LogP contribution in [0, 0.1) is 11.3 Å². The monoisotopic (exact) mass is 429 g/mol. The Hall–Kier alpha value is -2.36. The molecule has 0 amide bonds. The lowest BCUT2D eigenvalue weighted by Gasteiger charge is -2.13. The number of benzene rings is 1. The van der Waals surface area contributed by atoms with Gasteiger partial charge in [-0.05, 0) is 0 Å². The summed E-state index contributed by atoms with van der Waals surface area (Å²) in [5.74, 6) is -1.03. The number of nitrogen functional groups attached to an aromatic ring is 1. The van der Waals surface area contributed by atoms with Crippen molar-refractivity contribution in [2.24, 2.45) is 0 Å². The SMILES string of the molecule is CS(=O)(=O)Nc1c(C#N)nn(-c2c(Cl)cc(OC(F)(F)F)cc2Cl)c1N. The molecule has 8 nitrogen and oxygen atoms in total. The standard InChI is InChI=1S/C12H8Cl2F3N5O3S/c1-26(23,24)21-9-8(4-18)20-22(11(9)19)10-6(13)2-5(3-7(10)14)25-12(15,16)17/h2-3,21H,19H2,1H3. The molecule has 0 radical (unpaired) electrons. The van der Waals surface area contributed by atoms with E-state index in [0.717, 1.165) is 23.1 Å². The molecule has 0 aliphatic heterocycles. The predicted molar refractivity (Wildman–Crippen MR) is 87.9 cm³/mol. The van der Waals surface area contributed by atoms with Gasteiger partial charge in [0, 0.05) is 12.1 Å². The number of nitrogens with zero attached hydrogens (tertiary/aromatic N) is 3. The molecule has 0 fully saturated rings. The van der Waals surface area contributed by atoms with E-state index in [4.69, 9.17) is 34.2 Å². The van der Waals surface area contributed by atoms with Crippen LogP contribution in [0.2, 0.25) is 10.0 Å². The molecule has 0 aliphatic carbocycles. The van der Waals surface area contributed by atoms with Crippen molar-refractivity contribution in [2.45, 2.75) is 6.36 Å². The minimum atomic E-state index is -4.96. The van der Waals surface area contributed by atoms with E-state index >= 15 is 0 Å². The van der Waals surface area contributed by atoms with Crippen LogP contribution >= 0.6 is 23.2 Å². The number of nitrogens with two attached hydrogens (primary N) is 1. The highest BCUT2D eigenvalue weighted by molar-refractivity contribution is 7.92. The lowest BCUT2D eigenvalue weighted by Crippen LogP contribution is -2.17. The molecular weight excluding hydrogens is 422 g/mol. The minimum Gasteiger partial charge on any atom is -0.406 e. The zero-order valence-electron chi connectivity index (χ0n) is 12.6. The molecule has 0 saturated heterocycles. The molecule has 14 heteroatoms. The highest BCUT2D eigenvalue weighted by Gasteiger charge is 2.32. The van der Waals surface area contributed by atoms with Crippen LogP contribution in [0.25, 0.3) is 5.69 Å². The minimum absolute atomic E-state index is 0.168. The van der Waals surface area contributed by atoms with Crippen molar-refractivity contribution in [2.75, 3.05) is 16.7 Å². The van der Waals surface area contributed by atoms with Crippen molar-refractivity contribution in [1.82, 2.24) is 9.78 Å². The average Bonchev–Trinajstić information content (AvgIpc) is 2.72. The Kier molecular flexibility index (Phi) is 5.18. The number of halogens is 5. The van der Waals surface area contributed by atoms with Gasteiger partial charge in [-0.2, -0.15) is 10.4 Å². The van der Waals surface area contributed by atoms with Gasteiger partial charge in [-0.15, -0.1) is 13.2 Å². The average molecular weight is 430 g/mol. The van der Waals surface area contributed by atoms with Crippen molar-refractivity contribution in [3.63, 3.8) is 0 Å². The number of nitrogens with one attached hydrogen (secondary N) is 1. The van der Waals surface area contributed by atoms with Gasteiger partial charge in [-0.1, -0.05) is 23.2 Å². The van der Waals surface area contributed by atoms with Crippen molar-refractivity contribution in [1.29, 1.82) is 5.26 Å². The first kappa shape index (κ1) is 20.0. The van der Waals surface area contributed by atoms with Gasteiger partial charge in [-0.3, -0.25) is 4.72 Å². The molecule has 2 aromatic rings. The Labute approximate surface area is 154 Å². The van der Waals surface area contributed by atoms with Gasteiger partial charge in [-0.25, -0.2) is 13.1 Å². The number of ether oxygens (including phenoxy) is 1. The Bertz CT molecular complexity index is 991. The smallest absolute Gasteiger partial charge is 0.406 e. The van der Waals surface area contributed by atoms with Gasteiger partial charge >= 0.3 is 6.36 Å². The van der Waals surface area contributed by atoms with Crippen LogP contribution in [-0.4, -0.2) is 30.8 Å². The van der Waals surface area contributed by atoms with Crippen LogP contribution in [0.5, 0.6) is 5.75 Å². The van der Waals surface area contributed by atoms with Gasteiger partial charge in [0.2, 0.25) is 10.0 Å². The molecule has 1 aromatic carbocycles. The van der Waals surface area contributed by atoms with E-state index in [1.807, 2.05) is 4.72 Å². The zero-order chi connectivity index (χ0) is 19.9.